The van der Waals surface area contributed by atoms with Gasteiger partial charge in [0.2, 0.25) is 5.91 Å². The summed E-state index contributed by atoms with van der Waals surface area (Å²) < 4.78 is 19.6. The molecule has 2 aliphatic rings. The first kappa shape index (κ1) is 22.3. The van der Waals surface area contributed by atoms with Gasteiger partial charge in [0.15, 0.2) is 11.6 Å². The lowest BCUT2D eigenvalue weighted by atomic mass is 10.1. The molecule has 164 valence electrons. The van der Waals surface area contributed by atoms with Crippen molar-refractivity contribution in [2.75, 3.05) is 26.2 Å². The normalized spacial score (nSPS) is 18.0. The smallest absolute Gasteiger partial charge is 0.324 e. The zero-order valence-electron chi connectivity index (χ0n) is 17.7. The first-order valence-corrected chi connectivity index (χ1v) is 10.9. The van der Waals surface area contributed by atoms with Crippen molar-refractivity contribution in [3.05, 3.63) is 41.7 Å². The summed E-state index contributed by atoms with van der Waals surface area (Å²) in [7, 11) is 0. The lowest BCUT2D eigenvalue weighted by molar-refractivity contribution is -0.121. The Hall–Kier alpha value is -2.41. The SMILES string of the molecule is C[C@@H](NCCCC/C=C/CN1CCC(=O)NC1=O)c1ccc(F)c(OCC2CC2)c1. The zero-order valence-corrected chi connectivity index (χ0v) is 17.7. The summed E-state index contributed by atoms with van der Waals surface area (Å²) in [6.07, 6.45) is 9.81. The number of nitrogens with zero attached hydrogens (tertiary/aromatic N) is 1. The van der Waals surface area contributed by atoms with Crippen LogP contribution in [0.15, 0.2) is 30.4 Å². The largest absolute Gasteiger partial charge is 0.490 e. The van der Waals surface area contributed by atoms with Crippen LogP contribution >= 0.6 is 0 Å². The van der Waals surface area contributed by atoms with E-state index < -0.39 is 0 Å². The Morgan fingerprint density at radius 1 is 1.30 bits per heavy atom. The van der Waals surface area contributed by atoms with Crippen molar-refractivity contribution in [1.82, 2.24) is 15.5 Å². The van der Waals surface area contributed by atoms with Crippen LogP contribution in [0.2, 0.25) is 0 Å². The molecule has 0 unspecified atom stereocenters. The van der Waals surface area contributed by atoms with Crippen molar-refractivity contribution in [3.8, 4) is 5.75 Å². The monoisotopic (exact) mass is 417 g/mol. The highest BCUT2D eigenvalue weighted by Gasteiger charge is 2.23. The van der Waals surface area contributed by atoms with Crippen LogP contribution in [0, 0.1) is 11.7 Å². The summed E-state index contributed by atoms with van der Waals surface area (Å²) in [5.74, 6) is 0.445. The van der Waals surface area contributed by atoms with Gasteiger partial charge in [0.05, 0.1) is 6.61 Å². The molecule has 1 aromatic carbocycles. The number of allylic oxidation sites excluding steroid dienone is 1. The van der Waals surface area contributed by atoms with Crippen molar-refractivity contribution in [3.63, 3.8) is 0 Å². The van der Waals surface area contributed by atoms with Gasteiger partial charge in [0, 0.05) is 25.6 Å². The van der Waals surface area contributed by atoms with Gasteiger partial charge in [-0.3, -0.25) is 10.1 Å². The number of ether oxygens (including phenoxy) is 1. The van der Waals surface area contributed by atoms with E-state index in [2.05, 4.69) is 23.6 Å². The van der Waals surface area contributed by atoms with Gasteiger partial charge in [-0.2, -0.15) is 0 Å². The Kier molecular flexibility index (Phi) is 8.25. The lowest BCUT2D eigenvalue weighted by Gasteiger charge is -2.25. The predicted octanol–water partition coefficient (Wildman–Crippen LogP) is 3.93. The number of carbonyl (C=O) groups excluding carboxylic acids is 2. The highest BCUT2D eigenvalue weighted by atomic mass is 19.1. The van der Waals surface area contributed by atoms with E-state index in [1.165, 1.54) is 18.9 Å². The molecule has 1 aromatic rings. The fraction of sp³-hybridized carbons (Fsp3) is 0.565. The molecule has 3 amide bonds. The van der Waals surface area contributed by atoms with Gasteiger partial charge in [-0.15, -0.1) is 0 Å². The van der Waals surface area contributed by atoms with Crippen LogP contribution in [0.5, 0.6) is 5.75 Å². The van der Waals surface area contributed by atoms with Gasteiger partial charge in [-0.1, -0.05) is 18.2 Å². The third-order valence-corrected chi connectivity index (χ3v) is 5.51. The Balaban J connectivity index is 1.29. The fourth-order valence-corrected chi connectivity index (χ4v) is 3.31. The molecule has 0 bridgehead atoms. The topological polar surface area (TPSA) is 70.7 Å². The Morgan fingerprint density at radius 3 is 2.90 bits per heavy atom. The highest BCUT2D eigenvalue weighted by Crippen LogP contribution is 2.31. The van der Waals surface area contributed by atoms with Gasteiger partial charge >= 0.3 is 6.03 Å². The molecule has 1 atom stereocenters. The number of hydrogen-bond acceptors (Lipinski definition) is 4. The number of imide groups is 1. The number of urea groups is 1. The molecule has 7 heteroatoms. The molecule has 1 aliphatic carbocycles. The van der Waals surface area contributed by atoms with E-state index in [1.54, 1.807) is 4.90 Å². The Morgan fingerprint density at radius 2 is 2.13 bits per heavy atom. The second kappa shape index (κ2) is 11.1. The summed E-state index contributed by atoms with van der Waals surface area (Å²) in [6.45, 7) is 4.57. The maximum atomic E-state index is 13.9. The van der Waals surface area contributed by atoms with E-state index in [9.17, 15) is 14.0 Å². The number of halogens is 1. The Labute approximate surface area is 177 Å². The maximum Gasteiger partial charge on any atom is 0.324 e. The molecule has 2 N–H and O–H groups in total. The van der Waals surface area contributed by atoms with Crippen LogP contribution in [-0.2, 0) is 4.79 Å². The molecule has 1 saturated heterocycles. The van der Waals surface area contributed by atoms with Crippen molar-refractivity contribution in [2.45, 2.75) is 51.5 Å². The fourth-order valence-electron chi connectivity index (χ4n) is 3.31. The summed E-state index contributed by atoms with van der Waals surface area (Å²) in [4.78, 5) is 24.4. The number of carbonyl (C=O) groups is 2. The van der Waals surface area contributed by atoms with E-state index in [-0.39, 0.29) is 23.8 Å². The third-order valence-electron chi connectivity index (χ3n) is 5.51. The molecule has 0 aromatic heterocycles. The lowest BCUT2D eigenvalue weighted by Crippen LogP contribution is -2.49. The van der Waals surface area contributed by atoms with Gasteiger partial charge in [-0.25, -0.2) is 9.18 Å². The minimum atomic E-state index is -0.309. The first-order chi connectivity index (χ1) is 14.5. The molecule has 1 heterocycles. The average Bonchev–Trinajstić information content (AvgIpc) is 3.55. The summed E-state index contributed by atoms with van der Waals surface area (Å²) >= 11 is 0. The van der Waals surface area contributed by atoms with E-state index in [4.69, 9.17) is 4.74 Å². The molecule has 3 rings (SSSR count). The van der Waals surface area contributed by atoms with E-state index in [0.29, 0.717) is 37.8 Å². The van der Waals surface area contributed by atoms with Crippen molar-refractivity contribution in [1.29, 1.82) is 0 Å². The van der Waals surface area contributed by atoms with Crippen molar-refractivity contribution >= 4 is 11.9 Å². The first-order valence-electron chi connectivity index (χ1n) is 10.9. The van der Waals surface area contributed by atoms with E-state index >= 15 is 0 Å². The molecule has 1 saturated carbocycles. The predicted molar refractivity (Wildman–Crippen MR) is 114 cm³/mol. The van der Waals surface area contributed by atoms with Crippen LogP contribution in [-0.4, -0.2) is 43.1 Å². The van der Waals surface area contributed by atoms with Crippen LogP contribution < -0.4 is 15.4 Å². The van der Waals surface area contributed by atoms with Crippen LogP contribution in [0.4, 0.5) is 9.18 Å². The second-order valence-corrected chi connectivity index (χ2v) is 8.14. The minimum absolute atomic E-state index is 0.129. The average molecular weight is 418 g/mol. The number of unbranched alkanes of at least 4 members (excludes halogenated alkanes) is 2. The summed E-state index contributed by atoms with van der Waals surface area (Å²) in [5, 5.41) is 5.80. The standard InChI is InChI=1S/C23H32FN3O3/c1-17(19-9-10-20(24)21(15-19)30-16-18-7-8-18)25-12-5-3-2-4-6-13-27-14-11-22(28)26-23(27)29/h4,6,9-10,15,17-18,25H,2-3,5,7-8,11-14,16H2,1H3,(H,26,28,29)/b6-4+/t17-/m1/s1. The van der Waals surface area contributed by atoms with Crippen LogP contribution in [0.3, 0.4) is 0 Å². The minimum Gasteiger partial charge on any atom is -0.490 e. The molecule has 0 radical (unpaired) electrons. The number of benzene rings is 1. The zero-order chi connectivity index (χ0) is 21.3. The second-order valence-electron chi connectivity index (χ2n) is 8.14. The van der Waals surface area contributed by atoms with Gasteiger partial charge in [-0.05, 0) is 69.2 Å². The molecular formula is C23H32FN3O3. The number of nitrogens with one attached hydrogen (secondary N) is 2. The van der Waals surface area contributed by atoms with Crippen molar-refractivity contribution in [2.24, 2.45) is 5.92 Å². The maximum absolute atomic E-state index is 13.9. The van der Waals surface area contributed by atoms with Gasteiger partial charge in [0.1, 0.15) is 0 Å². The highest BCUT2D eigenvalue weighted by molar-refractivity contribution is 5.96. The third kappa shape index (κ3) is 7.13. The summed E-state index contributed by atoms with van der Waals surface area (Å²) in [5.41, 5.74) is 1.03. The number of rotatable bonds is 12. The molecule has 1 aliphatic heterocycles. The van der Waals surface area contributed by atoms with Crippen LogP contribution in [0.1, 0.15) is 57.1 Å². The quantitative estimate of drug-likeness (QED) is 0.399. The summed E-state index contributed by atoms with van der Waals surface area (Å²) in [6, 6.07) is 4.92. The van der Waals surface area contributed by atoms with Crippen molar-refractivity contribution < 1.29 is 18.7 Å². The molecule has 2 fully saturated rings. The van der Waals surface area contributed by atoms with Gasteiger partial charge in [0.25, 0.3) is 0 Å². The van der Waals surface area contributed by atoms with E-state index in [0.717, 1.165) is 31.4 Å². The molecule has 30 heavy (non-hydrogen) atoms. The molecular weight excluding hydrogens is 385 g/mol. The Bertz CT molecular complexity index is 764. The van der Waals surface area contributed by atoms with Crippen LogP contribution in [0.25, 0.3) is 0 Å². The molecule has 0 spiro atoms. The van der Waals surface area contributed by atoms with E-state index in [1.807, 2.05) is 18.2 Å². The van der Waals surface area contributed by atoms with Gasteiger partial charge < -0.3 is 15.0 Å². The molecule has 6 nitrogen and oxygen atoms in total. The number of hydrogen-bond donors (Lipinski definition) is 2. The number of amides is 3.